The fraction of sp³-hybridized carbons (Fsp3) is 0.263. The summed E-state index contributed by atoms with van der Waals surface area (Å²) in [6, 6.07) is 16.2. The summed E-state index contributed by atoms with van der Waals surface area (Å²) in [5.74, 6) is 0.623. The number of nitrogens with one attached hydrogen (secondary N) is 2. The summed E-state index contributed by atoms with van der Waals surface area (Å²) in [5, 5.41) is 0. The highest BCUT2D eigenvalue weighted by Crippen LogP contribution is 2.13. The van der Waals surface area contributed by atoms with Crippen LogP contribution in [0.1, 0.15) is 18.9 Å². The maximum Gasteiger partial charge on any atom is 0.279 e. The number of carbonyl (C=O) groups excluding carboxylic acids is 2. The molecule has 0 bridgehead atoms. The minimum atomic E-state index is -0.677. The molecule has 6 nitrogen and oxygen atoms in total. The van der Waals surface area contributed by atoms with E-state index in [1.165, 1.54) is 0 Å². The van der Waals surface area contributed by atoms with E-state index in [4.69, 9.17) is 9.47 Å². The molecule has 0 radical (unpaired) electrons. The van der Waals surface area contributed by atoms with E-state index in [0.29, 0.717) is 12.2 Å². The molecule has 2 aromatic carbocycles. The molecule has 2 amide bonds. The van der Waals surface area contributed by atoms with Crippen molar-refractivity contribution in [1.82, 2.24) is 10.9 Å². The van der Waals surface area contributed by atoms with Gasteiger partial charge in [0, 0.05) is 0 Å². The Morgan fingerprint density at radius 2 is 1.64 bits per heavy atom. The van der Waals surface area contributed by atoms with Crippen molar-refractivity contribution in [2.75, 3.05) is 7.11 Å². The lowest BCUT2D eigenvalue weighted by atomic mass is 10.1. The third-order valence-corrected chi connectivity index (χ3v) is 3.53. The van der Waals surface area contributed by atoms with Gasteiger partial charge in [0.1, 0.15) is 11.5 Å². The molecule has 0 heterocycles. The predicted molar refractivity (Wildman–Crippen MR) is 94.1 cm³/mol. The first-order chi connectivity index (χ1) is 12.1. The summed E-state index contributed by atoms with van der Waals surface area (Å²) in [6.07, 6.45) is -0.0425. The van der Waals surface area contributed by atoms with Crippen LogP contribution in [-0.4, -0.2) is 25.0 Å². The molecule has 0 aromatic heterocycles. The van der Waals surface area contributed by atoms with E-state index in [1.807, 2.05) is 25.1 Å². The normalized spacial score (nSPS) is 11.3. The summed E-state index contributed by atoms with van der Waals surface area (Å²) in [5.41, 5.74) is 5.64. The lowest BCUT2D eigenvalue weighted by Crippen LogP contribution is -2.48. The number of carbonyl (C=O) groups is 2. The fourth-order valence-electron chi connectivity index (χ4n) is 2.17. The van der Waals surface area contributed by atoms with Crippen molar-refractivity contribution >= 4 is 11.8 Å². The predicted octanol–water partition coefficient (Wildman–Crippen LogP) is 2.24. The number of para-hydroxylation sites is 1. The van der Waals surface area contributed by atoms with E-state index in [-0.39, 0.29) is 12.3 Å². The third-order valence-electron chi connectivity index (χ3n) is 3.53. The van der Waals surface area contributed by atoms with Crippen LogP contribution in [0.4, 0.5) is 0 Å². The van der Waals surface area contributed by atoms with E-state index in [2.05, 4.69) is 10.9 Å². The lowest BCUT2D eigenvalue weighted by Gasteiger charge is -2.17. The van der Waals surface area contributed by atoms with Gasteiger partial charge in [0.15, 0.2) is 6.10 Å². The number of rotatable bonds is 7. The Hall–Kier alpha value is -3.02. The smallest absolute Gasteiger partial charge is 0.279 e. The minimum absolute atomic E-state index is 0.153. The first-order valence-electron chi connectivity index (χ1n) is 8.05. The number of ether oxygens (including phenoxy) is 2. The van der Waals surface area contributed by atoms with Gasteiger partial charge in [-0.15, -0.1) is 0 Å². The molecule has 0 fully saturated rings. The third kappa shape index (κ3) is 5.84. The molecule has 0 saturated heterocycles. The van der Waals surface area contributed by atoms with Gasteiger partial charge in [0.2, 0.25) is 5.91 Å². The number of hydrogen-bond donors (Lipinski definition) is 2. The topological polar surface area (TPSA) is 76.7 Å². The number of hydrogen-bond acceptors (Lipinski definition) is 4. The maximum absolute atomic E-state index is 12.2. The minimum Gasteiger partial charge on any atom is -0.497 e. The van der Waals surface area contributed by atoms with Crippen LogP contribution in [0, 0.1) is 0 Å². The zero-order valence-corrected chi connectivity index (χ0v) is 14.3. The number of amides is 2. The molecular weight excluding hydrogens is 320 g/mol. The fourth-order valence-corrected chi connectivity index (χ4v) is 2.17. The van der Waals surface area contributed by atoms with Crippen molar-refractivity contribution in [3.63, 3.8) is 0 Å². The highest BCUT2D eigenvalue weighted by atomic mass is 16.5. The van der Waals surface area contributed by atoms with Crippen LogP contribution in [0.15, 0.2) is 54.6 Å². The summed E-state index contributed by atoms with van der Waals surface area (Å²) < 4.78 is 10.7. The van der Waals surface area contributed by atoms with E-state index < -0.39 is 12.0 Å². The SMILES string of the molecule is CCC(Oc1ccccc1)C(=O)NNC(=O)Cc1ccc(OC)cc1. The van der Waals surface area contributed by atoms with Crippen LogP contribution in [-0.2, 0) is 16.0 Å². The molecule has 0 spiro atoms. The highest BCUT2D eigenvalue weighted by Gasteiger charge is 2.18. The van der Waals surface area contributed by atoms with Crippen molar-refractivity contribution in [2.24, 2.45) is 0 Å². The van der Waals surface area contributed by atoms with Crippen LogP contribution in [0.25, 0.3) is 0 Å². The second-order valence-electron chi connectivity index (χ2n) is 5.39. The van der Waals surface area contributed by atoms with Gasteiger partial charge in [-0.1, -0.05) is 37.3 Å². The molecule has 2 N–H and O–H groups in total. The molecule has 0 aliphatic heterocycles. The second-order valence-corrected chi connectivity index (χ2v) is 5.39. The molecule has 0 aliphatic rings. The van der Waals surface area contributed by atoms with Gasteiger partial charge in [0.25, 0.3) is 5.91 Å². The first-order valence-corrected chi connectivity index (χ1v) is 8.05. The van der Waals surface area contributed by atoms with Crippen molar-refractivity contribution in [3.8, 4) is 11.5 Å². The number of methoxy groups -OCH3 is 1. The van der Waals surface area contributed by atoms with E-state index in [1.54, 1.807) is 43.5 Å². The standard InChI is InChI=1S/C19H22N2O4/c1-3-17(25-16-7-5-4-6-8-16)19(23)21-20-18(22)13-14-9-11-15(24-2)12-10-14/h4-12,17H,3,13H2,1-2H3,(H,20,22)(H,21,23). The Labute approximate surface area is 147 Å². The molecule has 0 aliphatic carbocycles. The van der Waals surface area contributed by atoms with Crippen LogP contribution < -0.4 is 20.3 Å². The molecule has 0 saturated carbocycles. The summed E-state index contributed by atoms with van der Waals surface area (Å²) >= 11 is 0. The average molecular weight is 342 g/mol. The monoisotopic (exact) mass is 342 g/mol. The van der Waals surface area contributed by atoms with Crippen molar-refractivity contribution in [1.29, 1.82) is 0 Å². The van der Waals surface area contributed by atoms with E-state index in [9.17, 15) is 9.59 Å². The molecule has 2 rings (SSSR count). The second kappa shape index (κ2) is 9.32. The van der Waals surface area contributed by atoms with Gasteiger partial charge in [-0.25, -0.2) is 0 Å². The molecule has 1 unspecified atom stereocenters. The van der Waals surface area contributed by atoms with Gasteiger partial charge >= 0.3 is 0 Å². The van der Waals surface area contributed by atoms with Gasteiger partial charge in [0.05, 0.1) is 13.5 Å². The molecule has 2 aromatic rings. The van der Waals surface area contributed by atoms with Crippen LogP contribution in [0.3, 0.4) is 0 Å². The Morgan fingerprint density at radius 1 is 0.960 bits per heavy atom. The van der Waals surface area contributed by atoms with Gasteiger partial charge < -0.3 is 9.47 Å². The van der Waals surface area contributed by atoms with Gasteiger partial charge in [-0.2, -0.15) is 0 Å². The van der Waals surface area contributed by atoms with Gasteiger partial charge in [-0.3, -0.25) is 20.4 Å². The molecular formula is C19H22N2O4. The molecule has 25 heavy (non-hydrogen) atoms. The summed E-state index contributed by atoms with van der Waals surface area (Å²) in [7, 11) is 1.58. The zero-order valence-electron chi connectivity index (χ0n) is 14.3. The largest absolute Gasteiger partial charge is 0.497 e. The summed E-state index contributed by atoms with van der Waals surface area (Å²) in [4.78, 5) is 24.1. The maximum atomic E-state index is 12.2. The summed E-state index contributed by atoms with van der Waals surface area (Å²) in [6.45, 7) is 1.84. The average Bonchev–Trinajstić information content (AvgIpc) is 2.65. The Kier molecular flexibility index (Phi) is 6.83. The molecule has 132 valence electrons. The lowest BCUT2D eigenvalue weighted by molar-refractivity contribution is -0.133. The highest BCUT2D eigenvalue weighted by molar-refractivity contribution is 5.85. The number of benzene rings is 2. The Morgan fingerprint density at radius 3 is 2.24 bits per heavy atom. The molecule has 6 heteroatoms. The van der Waals surface area contributed by atoms with Crippen molar-refractivity contribution in [2.45, 2.75) is 25.9 Å². The van der Waals surface area contributed by atoms with E-state index in [0.717, 1.165) is 11.3 Å². The number of hydrazine groups is 1. The van der Waals surface area contributed by atoms with E-state index >= 15 is 0 Å². The van der Waals surface area contributed by atoms with Crippen LogP contribution in [0.5, 0.6) is 11.5 Å². The van der Waals surface area contributed by atoms with Crippen molar-refractivity contribution in [3.05, 3.63) is 60.2 Å². The Balaban J connectivity index is 1.81. The van der Waals surface area contributed by atoms with Crippen molar-refractivity contribution < 1.29 is 19.1 Å². The van der Waals surface area contributed by atoms with Gasteiger partial charge in [-0.05, 0) is 36.2 Å². The zero-order chi connectivity index (χ0) is 18.1. The quantitative estimate of drug-likeness (QED) is 0.757. The first kappa shape index (κ1) is 18.3. The Bertz CT molecular complexity index is 686. The molecule has 1 atom stereocenters. The van der Waals surface area contributed by atoms with Crippen LogP contribution >= 0.6 is 0 Å². The van der Waals surface area contributed by atoms with Crippen LogP contribution in [0.2, 0.25) is 0 Å².